The van der Waals surface area contributed by atoms with Gasteiger partial charge in [0.05, 0.1) is 28.1 Å². The summed E-state index contributed by atoms with van der Waals surface area (Å²) in [5.74, 6) is -0.492. The van der Waals surface area contributed by atoms with Crippen LogP contribution in [-0.4, -0.2) is 85.5 Å². The summed E-state index contributed by atoms with van der Waals surface area (Å²) in [6.07, 6.45) is 3.83. The summed E-state index contributed by atoms with van der Waals surface area (Å²) >= 11 is 12.7. The first-order chi connectivity index (χ1) is 23.2. The second-order valence-electron chi connectivity index (χ2n) is 13.0. The van der Waals surface area contributed by atoms with Gasteiger partial charge in [-0.1, -0.05) is 77.8 Å². The number of esters is 1. The number of ether oxygens (including phenoxy) is 1. The van der Waals surface area contributed by atoms with Crippen molar-refractivity contribution in [2.75, 3.05) is 52.9 Å². The highest BCUT2D eigenvalue weighted by atomic mass is 35.5. The molecule has 256 valence electrons. The zero-order valence-corrected chi connectivity index (χ0v) is 29.4. The number of nitrogens with zero attached hydrogens (tertiary/aromatic N) is 3. The Morgan fingerprint density at radius 2 is 1.65 bits per heavy atom. The van der Waals surface area contributed by atoms with Gasteiger partial charge >= 0.3 is 12.0 Å². The van der Waals surface area contributed by atoms with Crippen LogP contribution < -0.4 is 5.32 Å². The van der Waals surface area contributed by atoms with Gasteiger partial charge in [0.15, 0.2) is 0 Å². The fraction of sp³-hybridized carbons (Fsp3) is 0.447. The molecule has 3 amide bonds. The van der Waals surface area contributed by atoms with Gasteiger partial charge in [-0.3, -0.25) is 9.59 Å². The molecule has 2 saturated heterocycles. The van der Waals surface area contributed by atoms with E-state index >= 15 is 0 Å². The standard InChI is InChI=1S/C38H46Cl2N4O4/c1-3-48-36(46)31-13-10-21-44(27-31)37(47)41-38(32-14-8-5-9-15-32)19-23-43(24-20-38)22-18-30(29-16-17-33(39)34(40)25-29)26-42(2)35(45)28-11-6-4-7-12-28/h4-9,11-12,14-17,25,30-31H,3,10,13,18-24,26-27H2,1-2H3,(H,41,47). The first kappa shape index (κ1) is 35.7. The number of hydrogen-bond acceptors (Lipinski definition) is 5. The first-order valence-corrected chi connectivity index (χ1v) is 17.7. The number of benzene rings is 3. The zero-order chi connectivity index (χ0) is 34.1. The Morgan fingerprint density at radius 3 is 2.31 bits per heavy atom. The molecule has 2 fully saturated rings. The lowest BCUT2D eigenvalue weighted by Crippen LogP contribution is -2.57. The molecule has 10 heteroatoms. The fourth-order valence-electron chi connectivity index (χ4n) is 6.98. The number of rotatable bonds is 11. The van der Waals surface area contributed by atoms with Crippen LogP contribution in [-0.2, 0) is 15.1 Å². The number of carbonyl (C=O) groups excluding carboxylic acids is 3. The van der Waals surface area contributed by atoms with E-state index in [4.69, 9.17) is 27.9 Å². The zero-order valence-electron chi connectivity index (χ0n) is 27.9. The second-order valence-corrected chi connectivity index (χ2v) is 13.8. The van der Waals surface area contributed by atoms with E-state index in [2.05, 4.69) is 22.3 Å². The lowest BCUT2D eigenvalue weighted by atomic mass is 9.80. The minimum Gasteiger partial charge on any atom is -0.466 e. The molecule has 0 radical (unpaired) electrons. The van der Waals surface area contributed by atoms with Crippen molar-refractivity contribution in [1.29, 1.82) is 0 Å². The molecule has 2 atom stereocenters. The molecule has 5 rings (SSSR count). The summed E-state index contributed by atoms with van der Waals surface area (Å²) in [6.45, 7) is 6.10. The van der Waals surface area contributed by atoms with E-state index in [9.17, 15) is 14.4 Å². The van der Waals surface area contributed by atoms with Crippen molar-refractivity contribution in [2.24, 2.45) is 5.92 Å². The summed E-state index contributed by atoms with van der Waals surface area (Å²) in [5, 5.41) is 4.43. The molecule has 0 aromatic heterocycles. The maximum Gasteiger partial charge on any atom is 0.318 e. The predicted molar refractivity (Wildman–Crippen MR) is 190 cm³/mol. The topological polar surface area (TPSA) is 82.2 Å². The van der Waals surface area contributed by atoms with E-state index < -0.39 is 5.54 Å². The number of likely N-dealkylation sites (tertiary alicyclic amines) is 2. The minimum atomic E-state index is -0.517. The molecule has 3 aromatic rings. The Bertz CT molecular complexity index is 1530. The van der Waals surface area contributed by atoms with Crippen molar-refractivity contribution in [3.05, 3.63) is 106 Å². The van der Waals surface area contributed by atoms with Crippen molar-refractivity contribution >= 4 is 41.1 Å². The normalized spacial score (nSPS) is 18.5. The molecule has 0 spiro atoms. The molecule has 48 heavy (non-hydrogen) atoms. The molecule has 2 heterocycles. The van der Waals surface area contributed by atoms with Crippen molar-refractivity contribution < 1.29 is 19.1 Å². The van der Waals surface area contributed by atoms with Crippen molar-refractivity contribution in [3.8, 4) is 0 Å². The van der Waals surface area contributed by atoms with Gasteiger partial charge in [-0.2, -0.15) is 0 Å². The highest BCUT2D eigenvalue weighted by Crippen LogP contribution is 2.35. The molecular formula is C38H46Cl2N4O4. The number of carbonyl (C=O) groups is 3. The van der Waals surface area contributed by atoms with Crippen LogP contribution in [0.2, 0.25) is 10.0 Å². The Labute approximate surface area is 294 Å². The van der Waals surface area contributed by atoms with E-state index in [-0.39, 0.29) is 29.7 Å². The third kappa shape index (κ3) is 8.90. The van der Waals surface area contributed by atoms with Crippen molar-refractivity contribution in [1.82, 2.24) is 20.0 Å². The van der Waals surface area contributed by atoms with E-state index in [1.54, 1.807) is 16.7 Å². The summed E-state index contributed by atoms with van der Waals surface area (Å²) in [7, 11) is 1.84. The van der Waals surface area contributed by atoms with Crippen LogP contribution in [0.25, 0.3) is 0 Å². The van der Waals surface area contributed by atoms with Gasteiger partial charge in [0.2, 0.25) is 0 Å². The molecular weight excluding hydrogens is 647 g/mol. The first-order valence-electron chi connectivity index (χ1n) is 17.0. The highest BCUT2D eigenvalue weighted by Gasteiger charge is 2.40. The molecule has 2 aliphatic rings. The third-order valence-corrected chi connectivity index (χ3v) is 10.5. The van der Waals surface area contributed by atoms with Crippen LogP contribution in [0.5, 0.6) is 0 Å². The number of urea groups is 1. The molecule has 2 aliphatic heterocycles. The van der Waals surface area contributed by atoms with Gasteiger partial charge < -0.3 is 24.8 Å². The number of likely N-dealkylation sites (N-methyl/N-ethyl adjacent to an activating group) is 1. The summed E-state index contributed by atoms with van der Waals surface area (Å²) < 4.78 is 5.26. The summed E-state index contributed by atoms with van der Waals surface area (Å²) in [5.41, 5.74) is 2.27. The Hall–Kier alpha value is -3.59. The Balaban J connectivity index is 1.26. The highest BCUT2D eigenvalue weighted by molar-refractivity contribution is 6.42. The molecule has 1 N–H and O–H groups in total. The SMILES string of the molecule is CCOC(=O)C1CCCN(C(=O)NC2(c3ccccc3)CCN(CCC(CN(C)C(=O)c3ccccc3)c3ccc(Cl)c(Cl)c3)CC2)C1. The maximum atomic E-state index is 13.7. The van der Waals surface area contributed by atoms with E-state index in [1.165, 1.54) is 0 Å². The number of amides is 3. The molecule has 0 saturated carbocycles. The van der Waals surface area contributed by atoms with Gasteiger partial charge in [-0.25, -0.2) is 4.79 Å². The second kappa shape index (κ2) is 16.7. The number of piperidine rings is 2. The number of hydrogen-bond donors (Lipinski definition) is 1. The van der Waals surface area contributed by atoms with Gasteiger partial charge in [0.25, 0.3) is 5.91 Å². The average molecular weight is 694 g/mol. The van der Waals surface area contributed by atoms with Gasteiger partial charge in [0.1, 0.15) is 0 Å². The van der Waals surface area contributed by atoms with Crippen LogP contribution in [0.3, 0.4) is 0 Å². The predicted octanol–water partition coefficient (Wildman–Crippen LogP) is 7.22. The lowest BCUT2D eigenvalue weighted by molar-refractivity contribution is -0.149. The minimum absolute atomic E-state index is 0.0238. The number of halogens is 2. The van der Waals surface area contributed by atoms with E-state index in [1.807, 2.05) is 73.8 Å². The Kier molecular flexibility index (Phi) is 12.4. The van der Waals surface area contributed by atoms with E-state index in [0.717, 1.165) is 62.9 Å². The fourth-order valence-corrected chi connectivity index (χ4v) is 7.29. The monoisotopic (exact) mass is 692 g/mol. The average Bonchev–Trinajstić information content (AvgIpc) is 3.12. The van der Waals surface area contributed by atoms with Crippen LogP contribution in [0, 0.1) is 5.92 Å². The van der Waals surface area contributed by atoms with Crippen LogP contribution in [0.4, 0.5) is 4.79 Å². The molecule has 3 aromatic carbocycles. The molecule has 8 nitrogen and oxygen atoms in total. The van der Waals surface area contributed by atoms with Gasteiger partial charge in [-0.05, 0) is 81.0 Å². The molecule has 0 bridgehead atoms. The van der Waals surface area contributed by atoms with Gasteiger partial charge in [-0.15, -0.1) is 0 Å². The number of nitrogens with one attached hydrogen (secondary N) is 1. The quantitative estimate of drug-likeness (QED) is 0.215. The third-order valence-electron chi connectivity index (χ3n) is 9.78. The summed E-state index contributed by atoms with van der Waals surface area (Å²) in [4.78, 5) is 45.4. The van der Waals surface area contributed by atoms with Crippen molar-refractivity contribution in [2.45, 2.75) is 50.5 Å². The summed E-state index contributed by atoms with van der Waals surface area (Å²) in [6, 6.07) is 25.1. The largest absolute Gasteiger partial charge is 0.466 e. The van der Waals surface area contributed by atoms with E-state index in [0.29, 0.717) is 41.8 Å². The Morgan fingerprint density at radius 1 is 0.958 bits per heavy atom. The van der Waals surface area contributed by atoms with Crippen molar-refractivity contribution in [3.63, 3.8) is 0 Å². The lowest BCUT2D eigenvalue weighted by Gasteiger charge is -2.44. The maximum absolute atomic E-state index is 13.7. The van der Waals surface area contributed by atoms with Crippen LogP contribution >= 0.6 is 23.2 Å². The molecule has 0 aliphatic carbocycles. The van der Waals surface area contributed by atoms with Gasteiger partial charge in [0, 0.05) is 51.3 Å². The smallest absolute Gasteiger partial charge is 0.318 e. The van der Waals surface area contributed by atoms with Crippen LogP contribution in [0.1, 0.15) is 66.4 Å². The molecule has 2 unspecified atom stereocenters. The van der Waals surface area contributed by atoms with Crippen LogP contribution in [0.15, 0.2) is 78.9 Å².